The summed E-state index contributed by atoms with van der Waals surface area (Å²) in [5.41, 5.74) is 5.28. The van der Waals surface area contributed by atoms with Crippen LogP contribution in [0.2, 0.25) is 5.02 Å². The van der Waals surface area contributed by atoms with Gasteiger partial charge in [0, 0.05) is 61.5 Å². The average molecular weight is 662 g/mol. The summed E-state index contributed by atoms with van der Waals surface area (Å²) in [6, 6.07) is 22.2. The summed E-state index contributed by atoms with van der Waals surface area (Å²) in [4.78, 5) is 36.9. The van der Waals surface area contributed by atoms with E-state index in [9.17, 15) is 14.0 Å². The van der Waals surface area contributed by atoms with Gasteiger partial charge in [0.25, 0.3) is 5.56 Å². The minimum absolute atomic E-state index is 0.0262. The van der Waals surface area contributed by atoms with Crippen LogP contribution in [0.15, 0.2) is 101 Å². The molecule has 5 rings (SSSR count). The van der Waals surface area contributed by atoms with Crippen molar-refractivity contribution in [2.45, 2.75) is 23.9 Å². The number of benzene rings is 3. The van der Waals surface area contributed by atoms with Gasteiger partial charge in [-0.25, -0.2) is 14.4 Å². The zero-order chi connectivity index (χ0) is 32.9. The van der Waals surface area contributed by atoms with Gasteiger partial charge in [-0.05, 0) is 52.1 Å². The lowest BCUT2D eigenvalue weighted by atomic mass is 10.0. The van der Waals surface area contributed by atoms with Gasteiger partial charge in [0.1, 0.15) is 5.82 Å². The van der Waals surface area contributed by atoms with Crippen LogP contribution in [0.1, 0.15) is 22.3 Å². The van der Waals surface area contributed by atoms with Gasteiger partial charge >= 0.3 is 6.01 Å². The van der Waals surface area contributed by atoms with Crippen molar-refractivity contribution in [3.05, 3.63) is 135 Å². The van der Waals surface area contributed by atoms with Gasteiger partial charge in [-0.3, -0.25) is 9.59 Å². The second kappa shape index (κ2) is 17.2. The Hall–Kier alpha value is -4.58. The van der Waals surface area contributed by atoms with Crippen molar-refractivity contribution in [1.29, 1.82) is 0 Å². The number of carbonyl (C=O) groups is 1. The molecule has 0 aliphatic heterocycles. The van der Waals surface area contributed by atoms with Gasteiger partial charge in [0.05, 0.1) is 13.7 Å². The molecular formula is C34H33ClFN5O4S. The summed E-state index contributed by atoms with van der Waals surface area (Å²) in [6.45, 7) is 0.828. The highest BCUT2D eigenvalue weighted by atomic mass is 35.5. The van der Waals surface area contributed by atoms with Gasteiger partial charge in [-0.15, -0.1) is 0 Å². The van der Waals surface area contributed by atoms with Gasteiger partial charge < -0.3 is 19.3 Å². The molecule has 238 valence electrons. The molecule has 46 heavy (non-hydrogen) atoms. The summed E-state index contributed by atoms with van der Waals surface area (Å²) >= 11 is 7.30. The largest absolute Gasteiger partial charge is 0.467 e. The number of carbonyl (C=O) groups excluding carboxylic acids is 1. The number of rotatable bonds is 12. The molecule has 5 aromatic rings. The molecule has 0 fully saturated rings. The van der Waals surface area contributed by atoms with Crippen LogP contribution in [0.5, 0.6) is 6.01 Å². The number of amides is 1. The number of aliphatic hydroxyl groups excluding tert-OH is 1. The summed E-state index contributed by atoms with van der Waals surface area (Å²) in [7, 11) is 3.34. The number of methoxy groups -OCH3 is 1. The third-order valence-electron chi connectivity index (χ3n) is 6.72. The molecule has 0 atom stereocenters. The van der Waals surface area contributed by atoms with Crippen LogP contribution in [0.3, 0.4) is 0 Å². The Bertz CT molecular complexity index is 1750. The second-order valence-corrected chi connectivity index (χ2v) is 11.5. The molecule has 0 bridgehead atoms. The first-order valence-corrected chi connectivity index (χ1v) is 15.6. The number of thioether (sulfide) groups is 1. The maximum atomic E-state index is 13.0. The second-order valence-electron chi connectivity index (χ2n) is 10.1. The fraction of sp³-hybridized carbons (Fsp3) is 0.206. The maximum Gasteiger partial charge on any atom is 0.316 e. The highest BCUT2D eigenvalue weighted by Gasteiger charge is 2.10. The van der Waals surface area contributed by atoms with E-state index >= 15 is 0 Å². The molecule has 0 unspecified atom stereocenters. The van der Waals surface area contributed by atoms with Crippen LogP contribution < -0.4 is 10.3 Å². The molecule has 9 nitrogen and oxygen atoms in total. The van der Waals surface area contributed by atoms with Gasteiger partial charge in [-0.1, -0.05) is 71.9 Å². The molecule has 12 heteroatoms. The highest BCUT2D eigenvalue weighted by molar-refractivity contribution is 7.98. The van der Waals surface area contributed by atoms with E-state index in [1.165, 1.54) is 35.9 Å². The Morgan fingerprint density at radius 2 is 1.57 bits per heavy atom. The third kappa shape index (κ3) is 10.2. The smallest absolute Gasteiger partial charge is 0.316 e. The predicted octanol–water partition coefficient (Wildman–Crippen LogP) is 5.56. The van der Waals surface area contributed by atoms with Crippen molar-refractivity contribution in [3.8, 4) is 17.1 Å². The van der Waals surface area contributed by atoms with Gasteiger partial charge in [-0.2, -0.15) is 4.98 Å². The van der Waals surface area contributed by atoms with Crippen LogP contribution >= 0.6 is 23.4 Å². The van der Waals surface area contributed by atoms with Gasteiger partial charge in [0.2, 0.25) is 6.41 Å². The van der Waals surface area contributed by atoms with Crippen molar-refractivity contribution in [2.75, 3.05) is 20.3 Å². The van der Waals surface area contributed by atoms with Crippen LogP contribution in [0.4, 0.5) is 4.39 Å². The number of hydrogen-bond donors (Lipinski definition) is 1. The quantitative estimate of drug-likeness (QED) is 0.105. The zero-order valence-electron chi connectivity index (χ0n) is 25.3. The molecule has 2 aromatic heterocycles. The van der Waals surface area contributed by atoms with Crippen LogP contribution in [0.25, 0.3) is 11.1 Å². The molecule has 0 saturated heterocycles. The van der Waals surface area contributed by atoms with Crippen molar-refractivity contribution < 1.29 is 19.0 Å². The summed E-state index contributed by atoms with van der Waals surface area (Å²) in [6.07, 6.45) is 6.17. The minimum atomic E-state index is -0.277. The lowest BCUT2D eigenvalue weighted by molar-refractivity contribution is -0.119. The van der Waals surface area contributed by atoms with Crippen LogP contribution in [-0.2, 0) is 30.6 Å². The van der Waals surface area contributed by atoms with E-state index < -0.39 is 0 Å². The van der Waals surface area contributed by atoms with Crippen molar-refractivity contribution >= 4 is 29.8 Å². The molecule has 2 heterocycles. The van der Waals surface area contributed by atoms with E-state index in [4.69, 9.17) is 21.4 Å². The van der Waals surface area contributed by atoms with E-state index in [2.05, 4.69) is 15.0 Å². The first-order valence-electron chi connectivity index (χ1n) is 14.2. The molecule has 0 spiro atoms. The zero-order valence-corrected chi connectivity index (χ0v) is 26.9. The normalized spacial score (nSPS) is 10.5. The number of aromatic nitrogens is 4. The van der Waals surface area contributed by atoms with E-state index in [0.29, 0.717) is 36.0 Å². The number of aliphatic hydroxyl groups is 1. The van der Waals surface area contributed by atoms with E-state index in [1.54, 1.807) is 30.7 Å². The predicted molar refractivity (Wildman–Crippen MR) is 177 cm³/mol. The first kappa shape index (κ1) is 34.3. The highest BCUT2D eigenvalue weighted by Crippen LogP contribution is 2.23. The maximum absolute atomic E-state index is 13.0. The van der Waals surface area contributed by atoms with Crippen molar-refractivity contribution in [1.82, 2.24) is 24.4 Å². The average Bonchev–Trinajstić information content (AvgIpc) is 3.07. The van der Waals surface area contributed by atoms with Gasteiger partial charge in [0.15, 0.2) is 5.16 Å². The van der Waals surface area contributed by atoms with E-state index in [0.717, 1.165) is 39.2 Å². The minimum Gasteiger partial charge on any atom is -0.467 e. The number of aryl methyl sites for hydroxylation is 1. The molecule has 0 aliphatic carbocycles. The molecular weight excluding hydrogens is 629 g/mol. The Labute approximate surface area is 275 Å². The lowest BCUT2D eigenvalue weighted by Crippen LogP contribution is -2.24. The third-order valence-corrected chi connectivity index (χ3v) is 8.08. The summed E-state index contributed by atoms with van der Waals surface area (Å²) in [5.74, 6) is 0.336. The Morgan fingerprint density at radius 1 is 0.957 bits per heavy atom. The number of halogens is 2. The topological polar surface area (TPSA) is 110 Å². The van der Waals surface area contributed by atoms with Crippen molar-refractivity contribution in [3.63, 3.8) is 0 Å². The Balaban J connectivity index is 0.000000216. The summed E-state index contributed by atoms with van der Waals surface area (Å²) < 4.78 is 19.7. The fourth-order valence-electron chi connectivity index (χ4n) is 4.30. The standard InChI is InChI=1S/C18H17FN4O2S.C16H16ClNO2/c1-23-10-14(7-13-8-20-17(25-2)21-9-13)16(24)22-18(23)26-11-12-3-5-15(19)6-4-12;17-16-7-5-15(6-8-16)14-3-1-13(2-4-14)11-18(12-20)9-10-19/h3-6,8-10H,7,11H2,1-2H3;1-8,12,19H,9-11H2. The van der Waals surface area contributed by atoms with Crippen LogP contribution in [-0.4, -0.2) is 56.2 Å². The SMILES string of the molecule is COc1ncc(Cc2cn(C)c(SCc3ccc(F)cc3)nc2=O)cn1.O=CN(CCO)Cc1ccc(-c2ccc(Cl)cc2)cc1. The molecule has 0 radical (unpaired) electrons. The first-order chi connectivity index (χ1) is 22.3. The summed E-state index contributed by atoms with van der Waals surface area (Å²) in [5, 5.41) is 10.2. The molecule has 1 N–H and O–H groups in total. The molecule has 3 aromatic carbocycles. The van der Waals surface area contributed by atoms with E-state index in [-0.39, 0.29) is 24.0 Å². The van der Waals surface area contributed by atoms with Crippen LogP contribution in [0, 0.1) is 5.82 Å². The van der Waals surface area contributed by atoms with E-state index in [1.807, 2.05) is 60.1 Å². The van der Waals surface area contributed by atoms with Crippen molar-refractivity contribution in [2.24, 2.45) is 7.05 Å². The monoisotopic (exact) mass is 661 g/mol. The molecule has 1 amide bonds. The molecule has 0 aliphatic rings. The number of nitrogens with zero attached hydrogens (tertiary/aromatic N) is 5. The Morgan fingerprint density at radius 3 is 2.15 bits per heavy atom. The fourth-order valence-corrected chi connectivity index (χ4v) is 5.32. The lowest BCUT2D eigenvalue weighted by Gasteiger charge is -2.16. The number of hydrogen-bond acceptors (Lipinski definition) is 8. The Kier molecular flexibility index (Phi) is 12.8. The molecule has 0 saturated carbocycles. The number of ether oxygens (including phenoxy) is 1.